The van der Waals surface area contributed by atoms with Crippen LogP contribution < -0.4 is 5.32 Å². The van der Waals surface area contributed by atoms with Crippen molar-refractivity contribution in [2.45, 2.75) is 26.2 Å². The van der Waals surface area contributed by atoms with E-state index >= 15 is 0 Å². The number of methoxy groups -OCH3 is 1. The monoisotopic (exact) mass is 303 g/mol. The predicted octanol–water partition coefficient (Wildman–Crippen LogP) is 2.11. The van der Waals surface area contributed by atoms with Gasteiger partial charge in [-0.05, 0) is 25.0 Å². The minimum Gasteiger partial charge on any atom is -0.466 e. The average Bonchev–Trinajstić information content (AvgIpc) is 2.53. The molecule has 1 aromatic rings. The lowest BCUT2D eigenvalue weighted by molar-refractivity contribution is -0.431. The average molecular weight is 303 g/mol. The number of hydrogen-bond acceptors (Lipinski definition) is 6. The number of rotatable bonds is 4. The Balaban J connectivity index is 2.69. The summed E-state index contributed by atoms with van der Waals surface area (Å²) in [6.45, 7) is 3.53. The molecule has 7 heteroatoms. The Hall–Kier alpha value is -2.70. The fourth-order valence-corrected chi connectivity index (χ4v) is 2.62. The fraction of sp³-hybridized carbons (Fsp3) is 0.333. The molecular formula is C15H17N3O4. The minimum absolute atomic E-state index is 0.0403. The van der Waals surface area contributed by atoms with Gasteiger partial charge in [-0.1, -0.05) is 13.0 Å². The molecule has 0 fully saturated rings. The molecule has 0 aliphatic carbocycles. The SMILES string of the molecule is CCC1=C([N+](=O)[O-])C(c2cccnc2)C(C(=O)OC)=C(C)N1. The first-order valence-electron chi connectivity index (χ1n) is 6.84. The van der Waals surface area contributed by atoms with Gasteiger partial charge < -0.3 is 10.1 Å². The summed E-state index contributed by atoms with van der Waals surface area (Å²) in [7, 11) is 1.26. The molecule has 0 spiro atoms. The van der Waals surface area contributed by atoms with Crippen molar-refractivity contribution in [1.82, 2.24) is 10.3 Å². The molecule has 0 saturated carbocycles. The van der Waals surface area contributed by atoms with Crippen molar-refractivity contribution >= 4 is 5.97 Å². The van der Waals surface area contributed by atoms with Gasteiger partial charge in [-0.25, -0.2) is 4.79 Å². The van der Waals surface area contributed by atoms with Crippen LogP contribution in [0.5, 0.6) is 0 Å². The highest BCUT2D eigenvalue weighted by molar-refractivity contribution is 5.92. The number of carbonyl (C=O) groups is 1. The second-order valence-corrected chi connectivity index (χ2v) is 4.85. The number of allylic oxidation sites excluding steroid dienone is 3. The third kappa shape index (κ3) is 2.69. The van der Waals surface area contributed by atoms with Crippen LogP contribution in [0.2, 0.25) is 0 Å². The minimum atomic E-state index is -0.799. The number of aromatic nitrogens is 1. The van der Waals surface area contributed by atoms with E-state index in [0.29, 0.717) is 23.4 Å². The molecule has 0 amide bonds. The van der Waals surface area contributed by atoms with E-state index in [1.165, 1.54) is 13.3 Å². The molecule has 1 atom stereocenters. The Morgan fingerprint density at radius 2 is 2.27 bits per heavy atom. The van der Waals surface area contributed by atoms with Gasteiger partial charge in [0.15, 0.2) is 0 Å². The lowest BCUT2D eigenvalue weighted by Crippen LogP contribution is -2.32. The third-order valence-electron chi connectivity index (χ3n) is 3.59. The van der Waals surface area contributed by atoms with E-state index in [2.05, 4.69) is 10.3 Å². The maximum Gasteiger partial charge on any atom is 0.336 e. The van der Waals surface area contributed by atoms with E-state index in [1.54, 1.807) is 25.3 Å². The zero-order chi connectivity index (χ0) is 16.3. The Bertz CT molecular complexity index is 665. The van der Waals surface area contributed by atoms with Crippen LogP contribution in [0.4, 0.5) is 0 Å². The second kappa shape index (κ2) is 6.38. The molecule has 1 unspecified atom stereocenters. The molecule has 2 heterocycles. The van der Waals surface area contributed by atoms with Crippen LogP contribution >= 0.6 is 0 Å². The van der Waals surface area contributed by atoms with Crippen LogP contribution in [0.1, 0.15) is 31.7 Å². The van der Waals surface area contributed by atoms with Gasteiger partial charge >= 0.3 is 5.97 Å². The van der Waals surface area contributed by atoms with Gasteiger partial charge in [0.25, 0.3) is 5.70 Å². The van der Waals surface area contributed by atoms with E-state index in [0.717, 1.165) is 0 Å². The van der Waals surface area contributed by atoms with Crippen molar-refractivity contribution < 1.29 is 14.5 Å². The molecule has 0 bridgehead atoms. The quantitative estimate of drug-likeness (QED) is 0.520. The van der Waals surface area contributed by atoms with Gasteiger partial charge in [0.2, 0.25) is 0 Å². The molecular weight excluding hydrogens is 286 g/mol. The highest BCUT2D eigenvalue weighted by atomic mass is 16.6. The van der Waals surface area contributed by atoms with Crippen molar-refractivity contribution in [3.63, 3.8) is 0 Å². The zero-order valence-corrected chi connectivity index (χ0v) is 12.6. The molecule has 1 aliphatic rings. The van der Waals surface area contributed by atoms with Gasteiger partial charge in [0, 0.05) is 18.1 Å². The Morgan fingerprint density at radius 1 is 1.55 bits per heavy atom. The second-order valence-electron chi connectivity index (χ2n) is 4.85. The maximum absolute atomic E-state index is 12.1. The summed E-state index contributed by atoms with van der Waals surface area (Å²) in [6.07, 6.45) is 3.57. The Labute approximate surface area is 127 Å². The van der Waals surface area contributed by atoms with Gasteiger partial charge in [0.05, 0.1) is 23.3 Å². The molecule has 22 heavy (non-hydrogen) atoms. The molecule has 0 aromatic carbocycles. The van der Waals surface area contributed by atoms with Crippen LogP contribution in [-0.2, 0) is 9.53 Å². The summed E-state index contributed by atoms with van der Waals surface area (Å²) < 4.78 is 4.81. The van der Waals surface area contributed by atoms with Crippen LogP contribution in [0.3, 0.4) is 0 Å². The first-order valence-corrected chi connectivity index (χ1v) is 6.84. The molecule has 1 aromatic heterocycles. The third-order valence-corrected chi connectivity index (χ3v) is 3.59. The van der Waals surface area contributed by atoms with Crippen molar-refractivity contribution in [2.75, 3.05) is 7.11 Å². The fourth-order valence-electron chi connectivity index (χ4n) is 2.62. The van der Waals surface area contributed by atoms with E-state index in [4.69, 9.17) is 4.74 Å². The topological polar surface area (TPSA) is 94.4 Å². The smallest absolute Gasteiger partial charge is 0.336 e. The lowest BCUT2D eigenvalue weighted by Gasteiger charge is -2.26. The zero-order valence-electron chi connectivity index (χ0n) is 12.6. The lowest BCUT2D eigenvalue weighted by atomic mass is 9.84. The van der Waals surface area contributed by atoms with E-state index in [-0.39, 0.29) is 11.3 Å². The number of nitrogens with zero attached hydrogens (tertiary/aromatic N) is 2. The van der Waals surface area contributed by atoms with Crippen LogP contribution in [0, 0.1) is 10.1 Å². The van der Waals surface area contributed by atoms with E-state index in [1.807, 2.05) is 6.92 Å². The standard InChI is InChI=1S/C15H17N3O4/c1-4-11-14(18(20)21)13(10-6-5-7-16-8-10)12(9(2)17-11)15(19)22-3/h5-8,13,17H,4H2,1-3H3. The van der Waals surface area contributed by atoms with E-state index in [9.17, 15) is 14.9 Å². The summed E-state index contributed by atoms with van der Waals surface area (Å²) in [4.78, 5) is 27.3. The van der Waals surface area contributed by atoms with Crippen molar-refractivity contribution in [1.29, 1.82) is 0 Å². The normalized spacial score (nSPS) is 18.0. The molecule has 7 nitrogen and oxygen atoms in total. The van der Waals surface area contributed by atoms with Gasteiger partial charge in [-0.3, -0.25) is 15.1 Å². The number of carbonyl (C=O) groups excluding carboxylic acids is 1. The van der Waals surface area contributed by atoms with Gasteiger partial charge in [0.1, 0.15) is 5.92 Å². The number of esters is 1. The number of nitro groups is 1. The van der Waals surface area contributed by atoms with Crippen LogP contribution in [0.25, 0.3) is 0 Å². The summed E-state index contributed by atoms with van der Waals surface area (Å²) in [5, 5.41) is 14.5. The van der Waals surface area contributed by atoms with Crippen molar-refractivity contribution in [2.24, 2.45) is 0 Å². The summed E-state index contributed by atoms with van der Waals surface area (Å²) in [5.74, 6) is -1.39. The summed E-state index contributed by atoms with van der Waals surface area (Å²) >= 11 is 0. The number of ether oxygens (including phenoxy) is 1. The van der Waals surface area contributed by atoms with Crippen LogP contribution in [-0.4, -0.2) is 23.0 Å². The van der Waals surface area contributed by atoms with Crippen molar-refractivity contribution in [3.8, 4) is 0 Å². The Morgan fingerprint density at radius 3 is 2.77 bits per heavy atom. The number of nitrogens with one attached hydrogen (secondary N) is 1. The van der Waals surface area contributed by atoms with E-state index < -0.39 is 16.8 Å². The highest BCUT2D eigenvalue weighted by Crippen LogP contribution is 2.38. The first-order chi connectivity index (χ1) is 10.5. The molecule has 1 aliphatic heterocycles. The van der Waals surface area contributed by atoms with Crippen molar-refractivity contribution in [3.05, 3.63) is 62.9 Å². The molecule has 2 rings (SSSR count). The molecule has 0 saturated heterocycles. The summed E-state index contributed by atoms with van der Waals surface area (Å²) in [6, 6.07) is 3.40. The molecule has 116 valence electrons. The molecule has 1 N–H and O–H groups in total. The highest BCUT2D eigenvalue weighted by Gasteiger charge is 2.41. The Kier molecular flexibility index (Phi) is 4.55. The first kappa shape index (κ1) is 15.7. The number of hydrogen-bond donors (Lipinski definition) is 1. The maximum atomic E-state index is 12.1. The largest absolute Gasteiger partial charge is 0.466 e. The molecule has 0 radical (unpaired) electrons. The predicted molar refractivity (Wildman–Crippen MR) is 79.1 cm³/mol. The number of pyridine rings is 1. The summed E-state index contributed by atoms with van der Waals surface area (Å²) in [5.41, 5.74) is 1.83. The number of dihydropyridines is 1. The van der Waals surface area contributed by atoms with Gasteiger partial charge in [-0.2, -0.15) is 0 Å². The van der Waals surface area contributed by atoms with Gasteiger partial charge in [-0.15, -0.1) is 0 Å². The van der Waals surface area contributed by atoms with Crippen LogP contribution in [0.15, 0.2) is 47.2 Å².